The van der Waals surface area contributed by atoms with E-state index in [9.17, 15) is 0 Å². The van der Waals surface area contributed by atoms with Gasteiger partial charge in [0, 0.05) is 27.2 Å². The minimum Gasteiger partial charge on any atom is -0.362 e. The summed E-state index contributed by atoms with van der Waals surface area (Å²) in [6.07, 6.45) is 3.74. The molecule has 1 aliphatic heterocycles. The molecule has 1 atom stereocenters. The second-order valence-corrected chi connectivity index (χ2v) is 4.31. The molecule has 17 heavy (non-hydrogen) atoms. The van der Waals surface area contributed by atoms with Gasteiger partial charge in [0.15, 0.2) is 0 Å². The number of amidine groups is 1. The minimum absolute atomic E-state index is 0.208. The van der Waals surface area contributed by atoms with E-state index >= 15 is 0 Å². The minimum atomic E-state index is 0.208. The number of nitrogens with one attached hydrogen (secondary N) is 1. The van der Waals surface area contributed by atoms with Crippen molar-refractivity contribution in [2.24, 2.45) is 9.98 Å². The maximum atomic E-state index is 4.49. The molecule has 0 spiro atoms. The number of aliphatic imine (C=N–C) groups is 2. The van der Waals surface area contributed by atoms with Crippen LogP contribution in [0.4, 0.5) is 0 Å². The highest BCUT2D eigenvalue weighted by atomic mass is 15.2. The maximum Gasteiger partial charge on any atom is 0.101 e. The zero-order valence-electron chi connectivity index (χ0n) is 11.4. The Balaban J connectivity index is 2.60. The highest BCUT2D eigenvalue weighted by molar-refractivity contribution is 5.80. The van der Waals surface area contributed by atoms with Crippen molar-refractivity contribution in [3.8, 4) is 0 Å². The lowest BCUT2D eigenvalue weighted by Crippen LogP contribution is -2.31. The monoisotopic (exact) mass is 237 g/mol. The third-order valence-corrected chi connectivity index (χ3v) is 2.93. The molecule has 0 bridgehead atoms. The summed E-state index contributed by atoms with van der Waals surface area (Å²) in [6.45, 7) is 6.00. The smallest absolute Gasteiger partial charge is 0.101 e. The molecule has 0 radical (unpaired) electrons. The molecule has 0 aromatic heterocycles. The Kier molecular flexibility index (Phi) is 5.15. The zero-order valence-corrected chi connectivity index (χ0v) is 11.4. The molecule has 0 saturated carbocycles. The second kappa shape index (κ2) is 6.39. The Bertz CT molecular complexity index is 318. The molecule has 1 rings (SSSR count). The van der Waals surface area contributed by atoms with Gasteiger partial charge in [0.25, 0.3) is 0 Å². The lowest BCUT2D eigenvalue weighted by Gasteiger charge is -2.18. The van der Waals surface area contributed by atoms with Crippen molar-refractivity contribution in [3.05, 3.63) is 11.9 Å². The van der Waals surface area contributed by atoms with Crippen LogP contribution in [0.25, 0.3) is 0 Å². The van der Waals surface area contributed by atoms with Crippen LogP contribution in [0.3, 0.4) is 0 Å². The summed E-state index contributed by atoms with van der Waals surface area (Å²) in [5.41, 5.74) is 1.13. The van der Waals surface area contributed by atoms with Crippen molar-refractivity contribution in [1.82, 2.24) is 15.1 Å². The quantitative estimate of drug-likeness (QED) is 0.580. The molecule has 0 fully saturated rings. The van der Waals surface area contributed by atoms with Crippen LogP contribution in [-0.4, -0.2) is 62.2 Å². The van der Waals surface area contributed by atoms with Crippen molar-refractivity contribution < 1.29 is 0 Å². The number of rotatable bonds is 4. The molecule has 0 amide bonds. The number of nitrogens with zero attached hydrogens (tertiary/aromatic N) is 4. The van der Waals surface area contributed by atoms with Crippen molar-refractivity contribution >= 4 is 12.2 Å². The summed E-state index contributed by atoms with van der Waals surface area (Å²) in [7, 11) is 6.00. The topological polar surface area (TPSA) is 43.2 Å². The molecule has 1 unspecified atom stereocenters. The normalized spacial score (nSPS) is 22.6. The molecule has 1 heterocycles. The van der Waals surface area contributed by atoms with Gasteiger partial charge in [-0.25, -0.2) is 4.99 Å². The van der Waals surface area contributed by atoms with Crippen molar-refractivity contribution in [2.75, 3.05) is 34.2 Å². The van der Waals surface area contributed by atoms with Gasteiger partial charge in [-0.15, -0.1) is 0 Å². The third kappa shape index (κ3) is 3.85. The Morgan fingerprint density at radius 3 is 2.94 bits per heavy atom. The van der Waals surface area contributed by atoms with Crippen LogP contribution in [0.1, 0.15) is 13.8 Å². The van der Waals surface area contributed by atoms with Crippen LogP contribution < -0.4 is 5.32 Å². The van der Waals surface area contributed by atoms with Gasteiger partial charge in [-0.05, 0) is 20.9 Å². The van der Waals surface area contributed by atoms with Crippen LogP contribution in [0.2, 0.25) is 0 Å². The second-order valence-electron chi connectivity index (χ2n) is 4.31. The molecular weight excluding hydrogens is 214 g/mol. The summed E-state index contributed by atoms with van der Waals surface area (Å²) >= 11 is 0. The van der Waals surface area contributed by atoms with Gasteiger partial charge in [-0.2, -0.15) is 0 Å². The molecule has 0 aliphatic carbocycles. The van der Waals surface area contributed by atoms with Gasteiger partial charge in [0.05, 0.1) is 24.3 Å². The Labute approximate surface area is 104 Å². The number of hydrogen-bond acceptors (Lipinski definition) is 4. The SMILES string of the molecule is CNCCN(C)/C(C)=N/C=C1\C(C)N=CN1C. The molecule has 0 aromatic rings. The van der Waals surface area contributed by atoms with E-state index in [-0.39, 0.29) is 6.04 Å². The molecule has 1 N–H and O–H groups in total. The standard InChI is InChI=1S/C12H23N5/c1-10-12(17(5)9-15-10)8-14-11(2)16(4)7-6-13-3/h8-10,13H,6-7H2,1-5H3/b12-8+,14-11+. The average molecular weight is 237 g/mol. The molecule has 5 nitrogen and oxygen atoms in total. The largest absolute Gasteiger partial charge is 0.362 e. The van der Waals surface area contributed by atoms with Crippen LogP contribution in [0, 0.1) is 0 Å². The zero-order chi connectivity index (χ0) is 12.8. The summed E-state index contributed by atoms with van der Waals surface area (Å²) in [4.78, 5) is 12.9. The lowest BCUT2D eigenvalue weighted by atomic mass is 10.3. The van der Waals surface area contributed by atoms with E-state index in [4.69, 9.17) is 0 Å². The summed E-state index contributed by atoms with van der Waals surface area (Å²) in [5.74, 6) is 1.01. The van der Waals surface area contributed by atoms with E-state index in [0.29, 0.717) is 0 Å². The summed E-state index contributed by atoms with van der Waals surface area (Å²) in [5, 5.41) is 3.12. The predicted octanol–water partition coefficient (Wildman–Crippen LogP) is 0.760. The van der Waals surface area contributed by atoms with Gasteiger partial charge in [0.1, 0.15) is 5.84 Å². The highest BCUT2D eigenvalue weighted by Crippen LogP contribution is 2.15. The first kappa shape index (κ1) is 13.7. The summed E-state index contributed by atoms with van der Waals surface area (Å²) in [6, 6.07) is 0.208. The molecule has 96 valence electrons. The van der Waals surface area contributed by atoms with Crippen LogP contribution in [0.5, 0.6) is 0 Å². The van der Waals surface area contributed by atoms with Crippen molar-refractivity contribution in [2.45, 2.75) is 19.9 Å². The van der Waals surface area contributed by atoms with E-state index < -0.39 is 0 Å². The number of likely N-dealkylation sites (N-methyl/N-ethyl adjacent to an activating group) is 3. The number of hydrogen-bond donors (Lipinski definition) is 1. The molecule has 0 saturated heterocycles. The maximum absolute atomic E-state index is 4.49. The van der Waals surface area contributed by atoms with Crippen molar-refractivity contribution in [1.29, 1.82) is 0 Å². The van der Waals surface area contributed by atoms with E-state index in [1.807, 2.05) is 45.5 Å². The average Bonchev–Trinajstić information content (AvgIpc) is 2.63. The van der Waals surface area contributed by atoms with Crippen LogP contribution >= 0.6 is 0 Å². The Morgan fingerprint density at radius 1 is 1.71 bits per heavy atom. The highest BCUT2D eigenvalue weighted by Gasteiger charge is 2.16. The Morgan fingerprint density at radius 2 is 2.41 bits per heavy atom. The predicted molar refractivity (Wildman–Crippen MR) is 73.5 cm³/mol. The molecule has 0 aromatic carbocycles. The lowest BCUT2D eigenvalue weighted by molar-refractivity contribution is 0.492. The van der Waals surface area contributed by atoms with Gasteiger partial charge >= 0.3 is 0 Å². The third-order valence-electron chi connectivity index (χ3n) is 2.93. The fourth-order valence-corrected chi connectivity index (χ4v) is 1.54. The molecule has 5 heteroatoms. The first-order chi connectivity index (χ1) is 8.06. The van der Waals surface area contributed by atoms with E-state index in [1.54, 1.807) is 0 Å². The van der Waals surface area contributed by atoms with Gasteiger partial charge in [0.2, 0.25) is 0 Å². The fraction of sp³-hybridized carbons (Fsp3) is 0.667. The first-order valence-corrected chi connectivity index (χ1v) is 5.92. The van der Waals surface area contributed by atoms with Gasteiger partial charge in [-0.3, -0.25) is 4.99 Å². The van der Waals surface area contributed by atoms with E-state index in [2.05, 4.69) is 27.1 Å². The van der Waals surface area contributed by atoms with E-state index in [0.717, 1.165) is 24.6 Å². The molecule has 1 aliphatic rings. The fourth-order valence-electron chi connectivity index (χ4n) is 1.54. The van der Waals surface area contributed by atoms with Gasteiger partial charge in [-0.1, -0.05) is 0 Å². The summed E-state index contributed by atoms with van der Waals surface area (Å²) < 4.78 is 0. The van der Waals surface area contributed by atoms with Crippen LogP contribution in [-0.2, 0) is 0 Å². The van der Waals surface area contributed by atoms with E-state index in [1.165, 1.54) is 0 Å². The van der Waals surface area contributed by atoms with Gasteiger partial charge < -0.3 is 15.1 Å². The first-order valence-electron chi connectivity index (χ1n) is 5.92. The molecular formula is C12H23N5. The Hall–Kier alpha value is -1.36. The van der Waals surface area contributed by atoms with Crippen molar-refractivity contribution in [3.63, 3.8) is 0 Å². The van der Waals surface area contributed by atoms with Crippen LogP contribution in [0.15, 0.2) is 21.9 Å².